The fourth-order valence-corrected chi connectivity index (χ4v) is 2.38. The van der Waals surface area contributed by atoms with Crippen molar-refractivity contribution in [3.05, 3.63) is 71.2 Å². The first-order valence-corrected chi connectivity index (χ1v) is 6.75. The van der Waals surface area contributed by atoms with Gasteiger partial charge in [-0.05, 0) is 36.2 Å². The van der Waals surface area contributed by atoms with Crippen LogP contribution in [0.1, 0.15) is 21.6 Å². The van der Waals surface area contributed by atoms with E-state index in [0.29, 0.717) is 12.2 Å². The van der Waals surface area contributed by atoms with Gasteiger partial charge in [0.1, 0.15) is 11.5 Å². The van der Waals surface area contributed by atoms with Gasteiger partial charge in [-0.25, -0.2) is 4.39 Å². The number of aromatic nitrogens is 1. The van der Waals surface area contributed by atoms with Gasteiger partial charge in [-0.3, -0.25) is 4.79 Å². The minimum atomic E-state index is -0.281. The van der Waals surface area contributed by atoms with Gasteiger partial charge in [0.15, 0.2) is 0 Å². The summed E-state index contributed by atoms with van der Waals surface area (Å²) in [6.07, 6.45) is 0. The lowest BCUT2D eigenvalue weighted by Crippen LogP contribution is -2.23. The van der Waals surface area contributed by atoms with Crippen LogP contribution in [0.25, 0.3) is 10.9 Å². The zero-order valence-corrected chi connectivity index (χ0v) is 11.6. The van der Waals surface area contributed by atoms with Gasteiger partial charge in [0, 0.05) is 17.4 Å². The van der Waals surface area contributed by atoms with E-state index in [0.717, 1.165) is 22.0 Å². The first-order chi connectivity index (χ1) is 10.1. The molecule has 3 aromatic rings. The SMILES string of the molecule is Cc1c(C(=O)NCc2ccc(F)cc2)[nH]c2ccccc12. The van der Waals surface area contributed by atoms with Crippen molar-refractivity contribution in [1.82, 2.24) is 10.3 Å². The second-order valence-electron chi connectivity index (χ2n) is 4.98. The molecule has 2 N–H and O–H groups in total. The average Bonchev–Trinajstić information content (AvgIpc) is 2.84. The second-order valence-corrected chi connectivity index (χ2v) is 4.98. The number of carbonyl (C=O) groups is 1. The normalized spacial score (nSPS) is 10.8. The van der Waals surface area contributed by atoms with E-state index in [4.69, 9.17) is 0 Å². The van der Waals surface area contributed by atoms with Crippen LogP contribution in [0.3, 0.4) is 0 Å². The van der Waals surface area contributed by atoms with Crippen molar-refractivity contribution < 1.29 is 9.18 Å². The van der Waals surface area contributed by atoms with Crippen LogP contribution >= 0.6 is 0 Å². The Kier molecular flexibility index (Phi) is 3.44. The number of amides is 1. The van der Waals surface area contributed by atoms with Gasteiger partial charge in [0.05, 0.1) is 0 Å². The lowest BCUT2D eigenvalue weighted by molar-refractivity contribution is 0.0946. The number of para-hydroxylation sites is 1. The van der Waals surface area contributed by atoms with Crippen LogP contribution in [0.5, 0.6) is 0 Å². The number of aromatic amines is 1. The molecule has 0 unspecified atom stereocenters. The van der Waals surface area contributed by atoms with Gasteiger partial charge >= 0.3 is 0 Å². The van der Waals surface area contributed by atoms with Crippen molar-refractivity contribution in [2.24, 2.45) is 0 Å². The molecule has 2 aromatic carbocycles. The van der Waals surface area contributed by atoms with E-state index in [9.17, 15) is 9.18 Å². The lowest BCUT2D eigenvalue weighted by Gasteiger charge is -2.05. The molecule has 0 atom stereocenters. The standard InChI is InChI=1S/C17H15FN2O/c1-11-14-4-2-3-5-15(14)20-16(11)17(21)19-10-12-6-8-13(18)9-7-12/h2-9,20H,10H2,1H3,(H,19,21). The van der Waals surface area contributed by atoms with Gasteiger partial charge in [-0.2, -0.15) is 0 Å². The number of carbonyl (C=O) groups excluding carboxylic acids is 1. The van der Waals surface area contributed by atoms with E-state index in [-0.39, 0.29) is 11.7 Å². The maximum absolute atomic E-state index is 12.8. The number of rotatable bonds is 3. The summed E-state index contributed by atoms with van der Waals surface area (Å²) in [5.74, 6) is -0.440. The molecule has 0 bridgehead atoms. The Morgan fingerprint density at radius 1 is 1.14 bits per heavy atom. The molecule has 1 aromatic heterocycles. The van der Waals surface area contributed by atoms with Crippen LogP contribution in [0, 0.1) is 12.7 Å². The Morgan fingerprint density at radius 2 is 1.86 bits per heavy atom. The highest BCUT2D eigenvalue weighted by molar-refractivity contribution is 6.00. The molecular formula is C17H15FN2O. The van der Waals surface area contributed by atoms with Crippen molar-refractivity contribution in [1.29, 1.82) is 0 Å². The summed E-state index contributed by atoms with van der Waals surface area (Å²) in [4.78, 5) is 15.4. The Balaban J connectivity index is 1.78. The number of fused-ring (bicyclic) bond motifs is 1. The molecule has 0 saturated carbocycles. The molecule has 1 heterocycles. The number of aryl methyl sites for hydroxylation is 1. The number of halogens is 1. The smallest absolute Gasteiger partial charge is 0.268 e. The number of benzene rings is 2. The second kappa shape index (κ2) is 5.40. The van der Waals surface area contributed by atoms with Crippen molar-refractivity contribution in [3.63, 3.8) is 0 Å². The molecule has 106 valence electrons. The lowest BCUT2D eigenvalue weighted by atomic mass is 10.1. The molecule has 3 rings (SSSR count). The first kappa shape index (κ1) is 13.4. The van der Waals surface area contributed by atoms with Gasteiger partial charge in [0.25, 0.3) is 5.91 Å². The molecule has 0 fully saturated rings. The maximum Gasteiger partial charge on any atom is 0.268 e. The van der Waals surface area contributed by atoms with Crippen LogP contribution in [0.4, 0.5) is 4.39 Å². The predicted octanol–water partition coefficient (Wildman–Crippen LogP) is 3.55. The van der Waals surface area contributed by atoms with Gasteiger partial charge in [-0.1, -0.05) is 30.3 Å². The average molecular weight is 282 g/mol. The predicted molar refractivity (Wildman–Crippen MR) is 80.6 cm³/mol. The third-order valence-corrected chi connectivity index (χ3v) is 3.56. The summed E-state index contributed by atoms with van der Waals surface area (Å²) in [5.41, 5.74) is 3.31. The molecule has 0 radical (unpaired) electrons. The highest BCUT2D eigenvalue weighted by Gasteiger charge is 2.13. The zero-order valence-electron chi connectivity index (χ0n) is 11.6. The van der Waals surface area contributed by atoms with Crippen LogP contribution in [-0.4, -0.2) is 10.9 Å². The number of nitrogens with one attached hydrogen (secondary N) is 2. The summed E-state index contributed by atoms with van der Waals surface area (Å²) in [7, 11) is 0. The van der Waals surface area contributed by atoms with Crippen molar-refractivity contribution in [3.8, 4) is 0 Å². The van der Waals surface area contributed by atoms with Gasteiger partial charge in [0.2, 0.25) is 0 Å². The molecule has 0 spiro atoms. The van der Waals surface area contributed by atoms with Crippen LogP contribution in [0.2, 0.25) is 0 Å². The van der Waals surface area contributed by atoms with E-state index >= 15 is 0 Å². The van der Waals surface area contributed by atoms with Crippen LogP contribution in [-0.2, 0) is 6.54 Å². The molecule has 0 aliphatic heterocycles. The molecule has 0 saturated heterocycles. The highest BCUT2D eigenvalue weighted by atomic mass is 19.1. The number of hydrogen-bond donors (Lipinski definition) is 2. The third kappa shape index (κ3) is 2.65. The van der Waals surface area contributed by atoms with E-state index in [1.165, 1.54) is 12.1 Å². The topological polar surface area (TPSA) is 44.9 Å². The van der Waals surface area contributed by atoms with E-state index < -0.39 is 0 Å². The molecule has 3 nitrogen and oxygen atoms in total. The maximum atomic E-state index is 12.8. The molecule has 4 heteroatoms. The summed E-state index contributed by atoms with van der Waals surface area (Å²) < 4.78 is 12.8. The third-order valence-electron chi connectivity index (χ3n) is 3.56. The summed E-state index contributed by atoms with van der Waals surface area (Å²) >= 11 is 0. The highest BCUT2D eigenvalue weighted by Crippen LogP contribution is 2.21. The van der Waals surface area contributed by atoms with E-state index in [2.05, 4.69) is 10.3 Å². The van der Waals surface area contributed by atoms with Crippen molar-refractivity contribution in [2.75, 3.05) is 0 Å². The van der Waals surface area contributed by atoms with E-state index in [1.54, 1.807) is 12.1 Å². The number of hydrogen-bond acceptors (Lipinski definition) is 1. The Morgan fingerprint density at radius 3 is 2.57 bits per heavy atom. The molecule has 0 aliphatic rings. The Hall–Kier alpha value is -2.62. The summed E-state index contributed by atoms with van der Waals surface area (Å²) in [6, 6.07) is 13.9. The first-order valence-electron chi connectivity index (χ1n) is 6.75. The minimum absolute atomic E-state index is 0.159. The fraction of sp³-hybridized carbons (Fsp3) is 0.118. The summed E-state index contributed by atoms with van der Waals surface area (Å²) in [5, 5.41) is 3.89. The Labute approximate surface area is 121 Å². The molecular weight excluding hydrogens is 267 g/mol. The van der Waals surface area contributed by atoms with Crippen molar-refractivity contribution >= 4 is 16.8 Å². The quantitative estimate of drug-likeness (QED) is 0.758. The van der Waals surface area contributed by atoms with Crippen LogP contribution in [0.15, 0.2) is 48.5 Å². The van der Waals surface area contributed by atoms with Gasteiger partial charge < -0.3 is 10.3 Å². The fourth-order valence-electron chi connectivity index (χ4n) is 2.38. The molecule has 21 heavy (non-hydrogen) atoms. The molecule has 1 amide bonds. The number of H-pyrrole nitrogens is 1. The summed E-state index contributed by atoms with van der Waals surface area (Å²) in [6.45, 7) is 2.29. The monoisotopic (exact) mass is 282 g/mol. The van der Waals surface area contributed by atoms with Crippen LogP contribution < -0.4 is 5.32 Å². The largest absolute Gasteiger partial charge is 0.350 e. The van der Waals surface area contributed by atoms with Gasteiger partial charge in [-0.15, -0.1) is 0 Å². The Bertz CT molecular complexity index is 790. The van der Waals surface area contributed by atoms with E-state index in [1.807, 2.05) is 31.2 Å². The van der Waals surface area contributed by atoms with Crippen molar-refractivity contribution in [2.45, 2.75) is 13.5 Å². The zero-order chi connectivity index (χ0) is 14.8. The molecule has 0 aliphatic carbocycles. The minimum Gasteiger partial charge on any atom is -0.350 e.